The van der Waals surface area contributed by atoms with Crippen molar-refractivity contribution in [2.75, 3.05) is 47.4 Å². The standard InChI is InChI=1S/C40H43Cl2N5O5/c1-5-51-31-18-16-30(17-19-31)47-38(43-35-14-10-9-13-32(35)39(47)49)36(21-22-45(4)40(50)52-27-28-11-7-6-8-12-28)46(24-23-44(2)3)37(48)26-29-15-20-33(41)34(42)25-29/h6-20,25,36H,5,21-24,26-27H2,1-4H3. The van der Waals surface area contributed by atoms with Crippen LogP contribution in [-0.2, 0) is 22.6 Å². The highest BCUT2D eigenvalue weighted by Crippen LogP contribution is 2.29. The zero-order valence-corrected chi connectivity index (χ0v) is 31.3. The molecule has 5 aromatic rings. The smallest absolute Gasteiger partial charge is 0.409 e. The molecule has 0 fully saturated rings. The third-order valence-corrected chi connectivity index (χ3v) is 9.32. The minimum absolute atomic E-state index is 0.0244. The van der Waals surface area contributed by atoms with E-state index in [0.717, 1.165) is 5.56 Å². The lowest BCUT2D eigenvalue weighted by Crippen LogP contribution is -2.44. The Kier molecular flexibility index (Phi) is 13.3. The Hall–Kier alpha value is -4.90. The summed E-state index contributed by atoms with van der Waals surface area (Å²) in [5.74, 6) is 0.812. The maximum atomic E-state index is 14.5. The summed E-state index contributed by atoms with van der Waals surface area (Å²) in [5.41, 5.74) is 2.33. The summed E-state index contributed by atoms with van der Waals surface area (Å²) in [5, 5.41) is 1.17. The van der Waals surface area contributed by atoms with Gasteiger partial charge in [0.1, 0.15) is 18.2 Å². The van der Waals surface area contributed by atoms with Gasteiger partial charge in [-0.05, 0) is 87.1 Å². The Labute approximate surface area is 314 Å². The highest BCUT2D eigenvalue weighted by molar-refractivity contribution is 6.42. The van der Waals surface area contributed by atoms with Crippen LogP contribution in [0.15, 0.2) is 102 Å². The molecule has 0 saturated carbocycles. The van der Waals surface area contributed by atoms with Gasteiger partial charge >= 0.3 is 6.09 Å². The number of para-hydroxylation sites is 1. The van der Waals surface area contributed by atoms with Crippen molar-refractivity contribution in [1.82, 2.24) is 24.3 Å². The Morgan fingerprint density at radius 3 is 2.23 bits per heavy atom. The molecule has 10 nitrogen and oxygen atoms in total. The SMILES string of the molecule is CCOc1ccc(-n2c(C(CCN(C)C(=O)OCc3ccccc3)N(CCN(C)C)C(=O)Cc3ccc(Cl)c(Cl)c3)nc3ccccc3c2=O)cc1. The molecule has 1 aromatic heterocycles. The van der Waals surface area contributed by atoms with Crippen molar-refractivity contribution in [3.8, 4) is 11.4 Å². The molecule has 0 saturated heterocycles. The number of aromatic nitrogens is 2. The van der Waals surface area contributed by atoms with Crippen LogP contribution in [0.1, 0.15) is 36.3 Å². The number of amides is 2. The molecule has 0 aliphatic heterocycles. The van der Waals surface area contributed by atoms with Gasteiger partial charge in [-0.1, -0.05) is 71.7 Å². The maximum absolute atomic E-state index is 14.5. The largest absolute Gasteiger partial charge is 0.494 e. The molecule has 1 atom stereocenters. The van der Waals surface area contributed by atoms with Crippen molar-refractivity contribution in [3.05, 3.63) is 134 Å². The van der Waals surface area contributed by atoms with Crippen LogP contribution in [0.25, 0.3) is 16.6 Å². The first-order valence-corrected chi connectivity index (χ1v) is 17.9. The van der Waals surface area contributed by atoms with Crippen LogP contribution < -0.4 is 10.3 Å². The molecule has 5 rings (SSSR count). The molecule has 12 heteroatoms. The van der Waals surface area contributed by atoms with Gasteiger partial charge in [0, 0.05) is 26.7 Å². The molecule has 0 aliphatic rings. The van der Waals surface area contributed by atoms with E-state index in [9.17, 15) is 14.4 Å². The first-order valence-electron chi connectivity index (χ1n) is 17.1. The topological polar surface area (TPSA) is 97.2 Å². The van der Waals surface area contributed by atoms with E-state index >= 15 is 0 Å². The Balaban J connectivity index is 1.60. The van der Waals surface area contributed by atoms with Gasteiger partial charge in [0.05, 0.1) is 45.7 Å². The highest BCUT2D eigenvalue weighted by Gasteiger charge is 2.31. The second-order valence-electron chi connectivity index (χ2n) is 12.6. The molecule has 1 heterocycles. The van der Waals surface area contributed by atoms with E-state index in [1.807, 2.05) is 62.3 Å². The molecule has 2 amide bonds. The third-order valence-electron chi connectivity index (χ3n) is 8.58. The number of likely N-dealkylation sites (N-methyl/N-ethyl adjacent to an activating group) is 1. The van der Waals surface area contributed by atoms with E-state index in [1.54, 1.807) is 77.2 Å². The summed E-state index contributed by atoms with van der Waals surface area (Å²) in [6.45, 7) is 3.55. The molecule has 272 valence electrons. The van der Waals surface area contributed by atoms with Crippen LogP contribution in [0.4, 0.5) is 4.79 Å². The average Bonchev–Trinajstić information content (AvgIpc) is 3.14. The summed E-state index contributed by atoms with van der Waals surface area (Å²) < 4.78 is 12.8. The van der Waals surface area contributed by atoms with Crippen LogP contribution in [-0.4, -0.2) is 83.6 Å². The lowest BCUT2D eigenvalue weighted by Gasteiger charge is -2.35. The summed E-state index contributed by atoms with van der Waals surface area (Å²) in [7, 11) is 5.51. The average molecular weight is 745 g/mol. The normalized spacial score (nSPS) is 11.8. The van der Waals surface area contributed by atoms with E-state index in [4.69, 9.17) is 37.7 Å². The number of rotatable bonds is 15. The summed E-state index contributed by atoms with van der Waals surface area (Å²) in [4.78, 5) is 52.4. The van der Waals surface area contributed by atoms with E-state index < -0.39 is 12.1 Å². The fourth-order valence-electron chi connectivity index (χ4n) is 5.83. The number of ether oxygens (including phenoxy) is 2. The number of hydrogen-bond acceptors (Lipinski definition) is 7. The molecule has 0 N–H and O–H groups in total. The Morgan fingerprint density at radius 1 is 0.827 bits per heavy atom. The van der Waals surface area contributed by atoms with Crippen molar-refractivity contribution in [1.29, 1.82) is 0 Å². The van der Waals surface area contributed by atoms with Crippen molar-refractivity contribution in [2.24, 2.45) is 0 Å². The number of halogens is 2. The van der Waals surface area contributed by atoms with Gasteiger partial charge in [-0.3, -0.25) is 14.2 Å². The van der Waals surface area contributed by atoms with Gasteiger partial charge in [-0.25, -0.2) is 9.78 Å². The molecule has 0 spiro atoms. The number of fused-ring (bicyclic) bond motifs is 1. The summed E-state index contributed by atoms with van der Waals surface area (Å²) in [6, 6.07) is 28.2. The molecule has 0 aliphatic carbocycles. The second-order valence-corrected chi connectivity index (χ2v) is 13.5. The lowest BCUT2D eigenvalue weighted by molar-refractivity contribution is -0.133. The first-order chi connectivity index (χ1) is 25.0. The Bertz CT molecular complexity index is 2040. The predicted molar refractivity (Wildman–Crippen MR) is 206 cm³/mol. The zero-order valence-electron chi connectivity index (χ0n) is 29.8. The van der Waals surface area contributed by atoms with Gasteiger partial charge in [0.25, 0.3) is 5.56 Å². The highest BCUT2D eigenvalue weighted by atomic mass is 35.5. The minimum Gasteiger partial charge on any atom is -0.494 e. The number of benzene rings is 4. The van der Waals surface area contributed by atoms with Gasteiger partial charge < -0.3 is 24.2 Å². The number of hydrogen-bond donors (Lipinski definition) is 0. The van der Waals surface area contributed by atoms with Gasteiger partial charge in [0.2, 0.25) is 5.91 Å². The molecule has 52 heavy (non-hydrogen) atoms. The summed E-state index contributed by atoms with van der Waals surface area (Å²) in [6.07, 6.45) is -0.240. The molecule has 0 bridgehead atoms. The molecular weight excluding hydrogens is 701 g/mol. The van der Waals surface area contributed by atoms with Crippen LogP contribution in [0.5, 0.6) is 5.75 Å². The van der Waals surface area contributed by atoms with Crippen LogP contribution >= 0.6 is 23.2 Å². The number of carbonyl (C=O) groups excluding carboxylic acids is 2. The molecular formula is C40H43Cl2N5O5. The fourth-order valence-corrected chi connectivity index (χ4v) is 6.15. The van der Waals surface area contributed by atoms with Crippen LogP contribution in [0.2, 0.25) is 10.0 Å². The Morgan fingerprint density at radius 2 is 1.54 bits per heavy atom. The number of carbonyl (C=O) groups is 2. The van der Waals surface area contributed by atoms with Crippen LogP contribution in [0.3, 0.4) is 0 Å². The zero-order chi connectivity index (χ0) is 37.2. The second kappa shape index (κ2) is 18.0. The minimum atomic E-state index is -0.747. The van der Waals surface area contributed by atoms with Gasteiger partial charge in [0.15, 0.2) is 0 Å². The van der Waals surface area contributed by atoms with Crippen LogP contribution in [0, 0.1) is 0 Å². The van der Waals surface area contributed by atoms with Crippen molar-refractivity contribution in [2.45, 2.75) is 32.4 Å². The van der Waals surface area contributed by atoms with Crippen molar-refractivity contribution >= 4 is 46.1 Å². The number of nitrogens with zero attached hydrogens (tertiary/aromatic N) is 5. The summed E-state index contributed by atoms with van der Waals surface area (Å²) >= 11 is 12.5. The molecule has 4 aromatic carbocycles. The molecule has 0 radical (unpaired) electrons. The first kappa shape index (κ1) is 38.3. The van der Waals surface area contributed by atoms with Gasteiger partial charge in [-0.15, -0.1) is 0 Å². The fraction of sp³-hybridized carbons (Fsp3) is 0.300. The van der Waals surface area contributed by atoms with E-state index in [2.05, 4.69) is 0 Å². The maximum Gasteiger partial charge on any atom is 0.409 e. The quantitative estimate of drug-likeness (QED) is 0.110. The van der Waals surface area contributed by atoms with E-state index in [-0.39, 0.29) is 37.5 Å². The monoisotopic (exact) mass is 743 g/mol. The predicted octanol–water partition coefficient (Wildman–Crippen LogP) is 7.42. The van der Waals surface area contributed by atoms with Crippen molar-refractivity contribution in [3.63, 3.8) is 0 Å². The van der Waals surface area contributed by atoms with E-state index in [1.165, 1.54) is 4.90 Å². The third kappa shape index (κ3) is 9.70. The van der Waals surface area contributed by atoms with Gasteiger partial charge in [-0.2, -0.15) is 0 Å². The van der Waals surface area contributed by atoms with E-state index in [0.29, 0.717) is 63.5 Å². The van der Waals surface area contributed by atoms with Crippen molar-refractivity contribution < 1.29 is 19.1 Å². The lowest BCUT2D eigenvalue weighted by atomic mass is 10.1. The molecule has 1 unspecified atom stereocenters.